The molecular formula is C16H16N2O4S2. The van der Waals surface area contributed by atoms with Gasteiger partial charge in [-0.2, -0.15) is 0 Å². The van der Waals surface area contributed by atoms with E-state index in [1.807, 2.05) is 24.4 Å². The van der Waals surface area contributed by atoms with Crippen molar-refractivity contribution < 1.29 is 19.4 Å². The molecule has 0 aromatic carbocycles. The van der Waals surface area contributed by atoms with E-state index in [1.54, 1.807) is 11.3 Å². The number of thiazole rings is 1. The number of carboxylic acid groups (broad SMARTS) is 1. The highest BCUT2D eigenvalue weighted by atomic mass is 32.1. The minimum Gasteiger partial charge on any atom is -0.481 e. The molecule has 2 aliphatic rings. The highest BCUT2D eigenvalue weighted by Gasteiger charge is 2.55. The molecule has 0 radical (unpaired) electrons. The fraction of sp³-hybridized carbons (Fsp3) is 0.438. The Hall–Kier alpha value is -1.77. The van der Waals surface area contributed by atoms with Gasteiger partial charge in [-0.1, -0.05) is 0 Å². The number of nitrogens with zero attached hydrogens (tertiary/aromatic N) is 1. The highest BCUT2D eigenvalue weighted by Crippen LogP contribution is 2.44. The molecule has 2 aromatic rings. The Morgan fingerprint density at radius 3 is 2.71 bits per heavy atom. The summed E-state index contributed by atoms with van der Waals surface area (Å²) in [6, 6.07) is 4.03. The number of rotatable bonds is 4. The molecule has 2 saturated heterocycles. The predicted octanol–water partition coefficient (Wildman–Crippen LogP) is 3.00. The summed E-state index contributed by atoms with van der Waals surface area (Å²) in [6.07, 6.45) is 0.814. The number of aryl methyl sites for hydroxylation is 1. The molecule has 0 aliphatic carbocycles. The van der Waals surface area contributed by atoms with Crippen LogP contribution in [0.1, 0.15) is 17.7 Å². The summed E-state index contributed by atoms with van der Waals surface area (Å²) in [5, 5.41) is 14.6. The van der Waals surface area contributed by atoms with Crippen molar-refractivity contribution in [1.82, 2.24) is 4.98 Å². The second kappa shape index (κ2) is 5.94. The third-order valence-electron chi connectivity index (χ3n) is 4.59. The van der Waals surface area contributed by atoms with E-state index in [0.717, 1.165) is 17.0 Å². The summed E-state index contributed by atoms with van der Waals surface area (Å²) in [5.74, 6) is -2.67. The van der Waals surface area contributed by atoms with Crippen molar-refractivity contribution in [3.63, 3.8) is 0 Å². The number of nitrogens with one attached hydrogen (secondary N) is 1. The van der Waals surface area contributed by atoms with Gasteiger partial charge in [-0.15, -0.1) is 22.7 Å². The van der Waals surface area contributed by atoms with Crippen LogP contribution in [0.25, 0.3) is 10.6 Å². The number of aliphatic carboxylic acids is 1. The first-order chi connectivity index (χ1) is 11.5. The van der Waals surface area contributed by atoms with Gasteiger partial charge in [-0.25, -0.2) is 4.98 Å². The maximum atomic E-state index is 12.6. The fourth-order valence-electron chi connectivity index (χ4n) is 3.53. The first-order valence-corrected chi connectivity index (χ1v) is 9.44. The van der Waals surface area contributed by atoms with E-state index in [0.29, 0.717) is 11.6 Å². The number of carbonyl (C=O) groups excluding carboxylic acids is 1. The predicted molar refractivity (Wildman–Crippen MR) is 91.3 cm³/mol. The van der Waals surface area contributed by atoms with Crippen molar-refractivity contribution in [2.24, 2.45) is 11.8 Å². The zero-order valence-electron chi connectivity index (χ0n) is 12.9. The number of thiophene rings is 1. The lowest BCUT2D eigenvalue weighted by molar-refractivity contribution is -0.147. The van der Waals surface area contributed by atoms with Gasteiger partial charge in [0.1, 0.15) is 0 Å². The number of amides is 1. The van der Waals surface area contributed by atoms with Crippen LogP contribution in [0.3, 0.4) is 0 Å². The molecule has 0 saturated carbocycles. The number of hydrogen-bond acceptors (Lipinski definition) is 6. The van der Waals surface area contributed by atoms with Gasteiger partial charge in [-0.05, 0) is 31.9 Å². The molecule has 6 nitrogen and oxygen atoms in total. The highest BCUT2D eigenvalue weighted by molar-refractivity contribution is 7.17. The molecule has 2 aliphatic heterocycles. The van der Waals surface area contributed by atoms with Gasteiger partial charge in [0.25, 0.3) is 0 Å². The normalized spacial score (nSPS) is 28.2. The van der Waals surface area contributed by atoms with Gasteiger partial charge in [0.2, 0.25) is 5.91 Å². The average molecular weight is 364 g/mol. The first kappa shape index (κ1) is 15.7. The monoisotopic (exact) mass is 364 g/mol. The molecular weight excluding hydrogens is 348 g/mol. The van der Waals surface area contributed by atoms with Crippen LogP contribution in [0.5, 0.6) is 0 Å². The Balaban J connectivity index is 1.50. The summed E-state index contributed by atoms with van der Waals surface area (Å²) in [4.78, 5) is 30.8. The number of fused-ring (bicyclic) bond motifs is 2. The molecule has 0 unspecified atom stereocenters. The standard InChI is InChI=1S/C16H16N2O4S2/c1-7-2-5-11(24-7)8-6-23-16(17-8)18-14(19)12-9-3-4-10(22-9)13(12)15(20)21/h2,5-6,9-10,12-13H,3-4H2,1H3,(H,20,21)(H,17,18,19)/t9-,10+,12+,13-/m0/s1. The minimum atomic E-state index is -0.962. The topological polar surface area (TPSA) is 88.5 Å². The van der Waals surface area contributed by atoms with E-state index < -0.39 is 17.8 Å². The molecule has 2 fully saturated rings. The van der Waals surface area contributed by atoms with Crippen LogP contribution < -0.4 is 5.32 Å². The van der Waals surface area contributed by atoms with E-state index in [2.05, 4.69) is 10.3 Å². The smallest absolute Gasteiger partial charge is 0.310 e. The summed E-state index contributed by atoms with van der Waals surface area (Å²) in [7, 11) is 0. The third kappa shape index (κ3) is 2.64. The lowest BCUT2D eigenvalue weighted by Crippen LogP contribution is -2.40. The molecule has 126 valence electrons. The Bertz CT molecular complexity index is 800. The van der Waals surface area contributed by atoms with Gasteiger partial charge in [0, 0.05) is 10.3 Å². The number of carboxylic acids is 1. The van der Waals surface area contributed by atoms with E-state index in [4.69, 9.17) is 4.74 Å². The van der Waals surface area contributed by atoms with Crippen LogP contribution in [0, 0.1) is 18.8 Å². The Morgan fingerprint density at radius 2 is 2.04 bits per heavy atom. The summed E-state index contributed by atoms with van der Waals surface area (Å²) < 4.78 is 5.64. The maximum Gasteiger partial charge on any atom is 0.310 e. The van der Waals surface area contributed by atoms with Crippen molar-refractivity contribution in [3.05, 3.63) is 22.4 Å². The molecule has 4 heterocycles. The first-order valence-electron chi connectivity index (χ1n) is 7.74. The van der Waals surface area contributed by atoms with Gasteiger partial charge in [-0.3, -0.25) is 9.59 Å². The quantitative estimate of drug-likeness (QED) is 0.871. The molecule has 24 heavy (non-hydrogen) atoms. The molecule has 4 rings (SSSR count). The van der Waals surface area contributed by atoms with Crippen LogP contribution in [-0.4, -0.2) is 34.2 Å². The molecule has 0 spiro atoms. The Morgan fingerprint density at radius 1 is 1.29 bits per heavy atom. The minimum absolute atomic E-state index is 0.296. The second-order valence-electron chi connectivity index (χ2n) is 6.12. The van der Waals surface area contributed by atoms with Crippen LogP contribution in [0.2, 0.25) is 0 Å². The summed E-state index contributed by atoms with van der Waals surface area (Å²) in [5.41, 5.74) is 0.826. The molecule has 1 amide bonds. The van der Waals surface area contributed by atoms with Gasteiger partial charge >= 0.3 is 5.97 Å². The number of anilines is 1. The van der Waals surface area contributed by atoms with Crippen LogP contribution >= 0.6 is 22.7 Å². The molecule has 4 atom stereocenters. The largest absolute Gasteiger partial charge is 0.481 e. The lowest BCUT2D eigenvalue weighted by Gasteiger charge is -2.23. The number of carbonyl (C=O) groups is 2. The van der Waals surface area contributed by atoms with Crippen molar-refractivity contribution in [1.29, 1.82) is 0 Å². The molecule has 2 bridgehead atoms. The molecule has 8 heteroatoms. The van der Waals surface area contributed by atoms with Crippen molar-refractivity contribution in [2.75, 3.05) is 5.32 Å². The lowest BCUT2D eigenvalue weighted by atomic mass is 9.79. The summed E-state index contributed by atoms with van der Waals surface area (Å²) >= 11 is 2.99. The van der Waals surface area contributed by atoms with Crippen LogP contribution in [0.4, 0.5) is 5.13 Å². The van der Waals surface area contributed by atoms with Crippen molar-refractivity contribution >= 4 is 39.7 Å². The maximum absolute atomic E-state index is 12.6. The van der Waals surface area contributed by atoms with Gasteiger partial charge < -0.3 is 15.2 Å². The molecule has 2 aromatic heterocycles. The third-order valence-corrected chi connectivity index (χ3v) is 6.37. The summed E-state index contributed by atoms with van der Waals surface area (Å²) in [6.45, 7) is 2.03. The SMILES string of the molecule is Cc1ccc(-c2csc(NC(=O)[C@H]3[C@@H](C(=O)O)[C@H]4CC[C@@H]3O4)n2)s1. The van der Waals surface area contributed by atoms with Crippen molar-refractivity contribution in [3.8, 4) is 10.6 Å². The van der Waals surface area contributed by atoms with Gasteiger partial charge in [0.15, 0.2) is 5.13 Å². The number of ether oxygens (including phenoxy) is 1. The van der Waals surface area contributed by atoms with E-state index in [-0.39, 0.29) is 18.1 Å². The van der Waals surface area contributed by atoms with Crippen LogP contribution in [0.15, 0.2) is 17.5 Å². The van der Waals surface area contributed by atoms with E-state index in [1.165, 1.54) is 16.2 Å². The zero-order chi connectivity index (χ0) is 16.8. The van der Waals surface area contributed by atoms with Crippen molar-refractivity contribution in [2.45, 2.75) is 32.0 Å². The Labute approximate surface area is 146 Å². The van der Waals surface area contributed by atoms with E-state index in [9.17, 15) is 14.7 Å². The van der Waals surface area contributed by atoms with Gasteiger partial charge in [0.05, 0.1) is 34.6 Å². The Kier molecular flexibility index (Phi) is 3.90. The average Bonchev–Trinajstić information content (AvgIpc) is 3.29. The zero-order valence-corrected chi connectivity index (χ0v) is 14.5. The number of aromatic nitrogens is 1. The molecule has 2 N–H and O–H groups in total. The van der Waals surface area contributed by atoms with Crippen LogP contribution in [-0.2, 0) is 14.3 Å². The number of hydrogen-bond donors (Lipinski definition) is 2. The van der Waals surface area contributed by atoms with E-state index >= 15 is 0 Å². The fourth-order valence-corrected chi connectivity index (χ4v) is 5.15. The second-order valence-corrected chi connectivity index (χ2v) is 8.26.